The fourth-order valence-electron chi connectivity index (χ4n) is 3.05. The van der Waals surface area contributed by atoms with Gasteiger partial charge in [0.1, 0.15) is 5.82 Å². The van der Waals surface area contributed by atoms with Gasteiger partial charge in [0.15, 0.2) is 11.0 Å². The first-order valence-corrected chi connectivity index (χ1v) is 12.6. The zero-order valence-corrected chi connectivity index (χ0v) is 22.3. The van der Waals surface area contributed by atoms with Crippen LogP contribution < -0.4 is 10.6 Å². The predicted molar refractivity (Wildman–Crippen MR) is 136 cm³/mol. The van der Waals surface area contributed by atoms with Gasteiger partial charge in [-0.25, -0.2) is 4.39 Å². The van der Waals surface area contributed by atoms with Crippen LogP contribution in [0.5, 0.6) is 0 Å². The molecule has 0 saturated carbocycles. The third-order valence-corrected chi connectivity index (χ3v) is 6.87. The van der Waals surface area contributed by atoms with Gasteiger partial charge in [-0.3, -0.25) is 9.59 Å². The lowest BCUT2D eigenvalue weighted by atomic mass is 10.0. The first kappa shape index (κ1) is 26.5. The second-order valence-electron chi connectivity index (χ2n) is 7.68. The topological polar surface area (TPSA) is 88.9 Å². The second-order valence-corrected chi connectivity index (χ2v) is 10.4. The monoisotopic (exact) mass is 587 g/mol. The molecule has 0 radical (unpaired) electrons. The maximum Gasteiger partial charge on any atom is 0.253 e. The maximum absolute atomic E-state index is 14.0. The van der Waals surface area contributed by atoms with Gasteiger partial charge in [-0.2, -0.15) is 0 Å². The Morgan fingerprint density at radius 2 is 1.91 bits per heavy atom. The van der Waals surface area contributed by atoms with Gasteiger partial charge in [-0.05, 0) is 42.3 Å². The van der Waals surface area contributed by atoms with Crippen LogP contribution in [0.25, 0.3) is 0 Å². The molecule has 0 bridgehead atoms. The molecular weight excluding hydrogens is 568 g/mol. The number of thioether (sulfide) groups is 1. The lowest BCUT2D eigenvalue weighted by Gasteiger charge is -2.22. The van der Waals surface area contributed by atoms with Crippen molar-refractivity contribution in [3.63, 3.8) is 0 Å². The lowest BCUT2D eigenvalue weighted by Crippen LogP contribution is -2.33. The van der Waals surface area contributed by atoms with E-state index in [0.717, 1.165) is 11.8 Å². The molecule has 0 spiro atoms. The Balaban J connectivity index is 1.69. The number of nitrogens with zero attached hydrogens (tertiary/aromatic N) is 3. The summed E-state index contributed by atoms with van der Waals surface area (Å²) in [5.41, 5.74) is 0.390. The highest BCUT2D eigenvalue weighted by atomic mass is 79.9. The normalized spacial score (nSPS) is 12.0. The van der Waals surface area contributed by atoms with Gasteiger partial charge >= 0.3 is 0 Å². The first-order chi connectivity index (χ1) is 16.1. The van der Waals surface area contributed by atoms with Crippen molar-refractivity contribution in [2.75, 3.05) is 11.1 Å². The van der Waals surface area contributed by atoms with Crippen molar-refractivity contribution >= 4 is 68.4 Å². The van der Waals surface area contributed by atoms with E-state index in [9.17, 15) is 14.0 Å². The number of halogens is 4. The number of benzene rings is 2. The Morgan fingerprint density at radius 1 is 1.18 bits per heavy atom. The highest BCUT2D eigenvalue weighted by molar-refractivity contribution is 9.10. The number of aromatic nitrogens is 3. The van der Waals surface area contributed by atoms with E-state index in [-0.39, 0.29) is 34.2 Å². The summed E-state index contributed by atoms with van der Waals surface area (Å²) in [6, 6.07) is 8.58. The summed E-state index contributed by atoms with van der Waals surface area (Å²) in [4.78, 5) is 25.1. The Hall–Kier alpha value is -2.14. The molecule has 0 saturated heterocycles. The van der Waals surface area contributed by atoms with Gasteiger partial charge in [0.25, 0.3) is 5.91 Å². The summed E-state index contributed by atoms with van der Waals surface area (Å²) in [6.45, 7) is 3.88. The minimum Gasteiger partial charge on any atom is -0.342 e. The average Bonchev–Trinajstić information content (AvgIpc) is 3.12. The number of carbonyl (C=O) groups excluding carboxylic acids is 2. The van der Waals surface area contributed by atoms with Crippen LogP contribution in [0.3, 0.4) is 0 Å². The number of carbonyl (C=O) groups is 2. The lowest BCUT2D eigenvalue weighted by molar-refractivity contribution is -0.113. The van der Waals surface area contributed by atoms with Gasteiger partial charge in [0.2, 0.25) is 5.91 Å². The number of hydrogen-bond donors (Lipinski definition) is 2. The molecule has 12 heteroatoms. The van der Waals surface area contributed by atoms with Crippen LogP contribution in [-0.2, 0) is 11.8 Å². The van der Waals surface area contributed by atoms with E-state index in [1.54, 1.807) is 29.8 Å². The Bertz CT molecular complexity index is 1220. The Morgan fingerprint density at radius 3 is 2.56 bits per heavy atom. The van der Waals surface area contributed by atoms with Crippen LogP contribution in [0.15, 0.2) is 46.0 Å². The summed E-state index contributed by atoms with van der Waals surface area (Å²) in [5.74, 6) is -0.782. The van der Waals surface area contributed by atoms with Crippen molar-refractivity contribution < 1.29 is 14.0 Å². The van der Waals surface area contributed by atoms with Gasteiger partial charge in [0.05, 0.1) is 28.1 Å². The molecule has 3 aromatic rings. The van der Waals surface area contributed by atoms with E-state index >= 15 is 0 Å². The van der Waals surface area contributed by atoms with Crippen LogP contribution in [0.2, 0.25) is 10.0 Å². The van der Waals surface area contributed by atoms with Crippen LogP contribution in [-0.4, -0.2) is 32.3 Å². The standard InChI is InChI=1S/C22H21BrCl2FN5O2S/c1-11(2)19(28-21(33)14-6-5-13(24)9-15(14)25)20-29-30-22(31(20)3)34-10-18(32)27-17-7-4-12(23)8-16(17)26/h4-9,11,19H,10H2,1-3H3,(H,27,32)(H,28,33)/t19-/m1/s1. The van der Waals surface area contributed by atoms with Crippen LogP contribution in [0.1, 0.15) is 36.1 Å². The van der Waals surface area contributed by atoms with Gasteiger partial charge in [-0.1, -0.05) is 64.7 Å². The molecule has 7 nitrogen and oxygen atoms in total. The zero-order chi connectivity index (χ0) is 25.0. The van der Waals surface area contributed by atoms with Crippen LogP contribution in [0.4, 0.5) is 10.1 Å². The molecule has 0 aliphatic carbocycles. The molecule has 34 heavy (non-hydrogen) atoms. The molecular formula is C22H21BrCl2FN5O2S. The fraction of sp³-hybridized carbons (Fsp3) is 0.273. The highest BCUT2D eigenvalue weighted by Gasteiger charge is 2.26. The third-order valence-electron chi connectivity index (χ3n) is 4.81. The summed E-state index contributed by atoms with van der Waals surface area (Å²) in [7, 11) is 1.75. The number of nitrogens with one attached hydrogen (secondary N) is 2. The predicted octanol–water partition coefficient (Wildman–Crippen LogP) is 5.88. The highest BCUT2D eigenvalue weighted by Crippen LogP contribution is 2.27. The molecule has 2 aromatic carbocycles. The smallest absolute Gasteiger partial charge is 0.253 e. The first-order valence-electron chi connectivity index (χ1n) is 10.1. The largest absolute Gasteiger partial charge is 0.342 e. The van der Waals surface area contributed by atoms with E-state index in [0.29, 0.717) is 26.0 Å². The van der Waals surface area contributed by atoms with Gasteiger partial charge in [0, 0.05) is 16.5 Å². The zero-order valence-electron chi connectivity index (χ0n) is 18.4. The van der Waals surface area contributed by atoms with E-state index in [4.69, 9.17) is 23.2 Å². The SMILES string of the molecule is CC(C)[C@@H](NC(=O)c1ccc(Cl)cc1Cl)c1nnc(SCC(=O)Nc2ccc(Br)cc2F)n1C. The molecule has 180 valence electrons. The molecule has 0 aliphatic rings. The summed E-state index contributed by atoms with van der Waals surface area (Å²) in [6.07, 6.45) is 0. The number of rotatable bonds is 8. The van der Waals surface area contributed by atoms with Crippen molar-refractivity contribution in [1.29, 1.82) is 0 Å². The number of amides is 2. The molecule has 2 amide bonds. The molecule has 0 aliphatic heterocycles. The summed E-state index contributed by atoms with van der Waals surface area (Å²) >= 11 is 16.4. The van der Waals surface area contributed by atoms with E-state index in [1.165, 1.54) is 18.2 Å². The summed E-state index contributed by atoms with van der Waals surface area (Å²) in [5, 5.41) is 15.0. The molecule has 2 N–H and O–H groups in total. The Labute approximate surface area is 218 Å². The number of anilines is 1. The quantitative estimate of drug-likeness (QED) is 0.321. The fourth-order valence-corrected chi connectivity index (χ4v) is 4.60. The maximum atomic E-state index is 14.0. The molecule has 1 heterocycles. The Kier molecular flexibility index (Phi) is 8.97. The van der Waals surface area contributed by atoms with Crippen LogP contribution >= 0.6 is 50.9 Å². The van der Waals surface area contributed by atoms with Gasteiger partial charge < -0.3 is 15.2 Å². The van der Waals surface area contributed by atoms with Crippen molar-refractivity contribution in [2.45, 2.75) is 25.0 Å². The van der Waals surface area contributed by atoms with Crippen molar-refractivity contribution in [3.8, 4) is 0 Å². The van der Waals surface area contributed by atoms with Crippen molar-refractivity contribution in [2.24, 2.45) is 13.0 Å². The van der Waals surface area contributed by atoms with Crippen molar-refractivity contribution in [3.05, 3.63) is 68.1 Å². The third kappa shape index (κ3) is 6.50. The van der Waals surface area contributed by atoms with E-state index in [2.05, 4.69) is 36.8 Å². The molecule has 1 aromatic heterocycles. The minimum atomic E-state index is -0.537. The van der Waals surface area contributed by atoms with Crippen LogP contribution in [0, 0.1) is 11.7 Å². The average molecular weight is 589 g/mol. The molecule has 0 unspecified atom stereocenters. The summed E-state index contributed by atoms with van der Waals surface area (Å²) < 4.78 is 16.2. The molecule has 1 atom stereocenters. The second kappa shape index (κ2) is 11.5. The van der Waals surface area contributed by atoms with Crippen molar-refractivity contribution in [1.82, 2.24) is 20.1 Å². The minimum absolute atomic E-state index is 0.000560. The van der Waals surface area contributed by atoms with Gasteiger partial charge in [-0.15, -0.1) is 10.2 Å². The van der Waals surface area contributed by atoms with E-state index in [1.807, 2.05) is 13.8 Å². The molecule has 3 rings (SSSR count). The molecule has 0 fully saturated rings. The van der Waals surface area contributed by atoms with E-state index < -0.39 is 11.9 Å². The number of hydrogen-bond acceptors (Lipinski definition) is 5.